The molecule has 0 saturated carbocycles. The molecule has 132 valence electrons. The van der Waals surface area contributed by atoms with Crippen LogP contribution in [-0.4, -0.2) is 32.6 Å². The summed E-state index contributed by atoms with van der Waals surface area (Å²) in [7, 11) is -3.61. The fraction of sp³-hybridized carbons (Fsp3) is 0.167. The van der Waals surface area contributed by atoms with Gasteiger partial charge in [-0.2, -0.15) is 0 Å². The molecule has 0 bridgehead atoms. The van der Waals surface area contributed by atoms with E-state index in [-0.39, 0.29) is 11.4 Å². The molecule has 0 radical (unpaired) electrons. The Morgan fingerprint density at radius 3 is 2.48 bits per heavy atom. The molecule has 0 amide bonds. The van der Waals surface area contributed by atoms with Crippen molar-refractivity contribution >= 4 is 22.1 Å². The average Bonchev–Trinajstić information content (AvgIpc) is 2.61. The molecule has 0 unspecified atom stereocenters. The fourth-order valence-electron chi connectivity index (χ4n) is 2.20. The van der Waals surface area contributed by atoms with E-state index in [2.05, 4.69) is 11.3 Å². The first-order valence-corrected chi connectivity index (χ1v) is 9.05. The van der Waals surface area contributed by atoms with Gasteiger partial charge < -0.3 is 9.84 Å². The van der Waals surface area contributed by atoms with Gasteiger partial charge in [0.05, 0.1) is 4.90 Å². The summed E-state index contributed by atoms with van der Waals surface area (Å²) in [5.74, 6) is -0.593. The first-order chi connectivity index (χ1) is 11.9. The van der Waals surface area contributed by atoms with Gasteiger partial charge in [0.25, 0.3) is 0 Å². The second-order valence-corrected chi connectivity index (χ2v) is 6.95. The summed E-state index contributed by atoms with van der Waals surface area (Å²) >= 11 is 0. The van der Waals surface area contributed by atoms with Crippen molar-refractivity contribution < 1.29 is 23.1 Å². The number of hydrogen-bond donors (Lipinski definition) is 2. The Morgan fingerprint density at radius 2 is 1.84 bits per heavy atom. The highest BCUT2D eigenvalue weighted by atomic mass is 32.2. The largest absolute Gasteiger partial charge is 0.482 e. The van der Waals surface area contributed by atoms with Gasteiger partial charge >= 0.3 is 5.97 Å². The van der Waals surface area contributed by atoms with E-state index in [0.29, 0.717) is 17.7 Å². The van der Waals surface area contributed by atoms with Crippen LogP contribution in [0.15, 0.2) is 60.0 Å². The number of benzene rings is 2. The van der Waals surface area contributed by atoms with Crippen LogP contribution in [0, 0.1) is 0 Å². The summed E-state index contributed by atoms with van der Waals surface area (Å²) in [6, 6.07) is 13.5. The molecule has 0 aliphatic heterocycles. The van der Waals surface area contributed by atoms with Gasteiger partial charge in [0, 0.05) is 6.54 Å². The third kappa shape index (κ3) is 5.44. The number of carboxylic acid groups (broad SMARTS) is 1. The van der Waals surface area contributed by atoms with E-state index in [1.807, 2.05) is 0 Å². The standard InChI is InChI=1S/C18H19NO5S/c1-2-15-5-3-4-6-17(15)25(22,23)19-12-11-14-7-9-16(10-8-14)24-13-18(20)21/h2-10,19H,1,11-13H2,(H,20,21). The molecule has 7 heteroatoms. The number of hydrogen-bond acceptors (Lipinski definition) is 4. The predicted molar refractivity (Wildman–Crippen MR) is 95.0 cm³/mol. The molecule has 2 aromatic rings. The molecule has 0 aliphatic rings. The van der Waals surface area contributed by atoms with E-state index < -0.39 is 22.6 Å². The van der Waals surface area contributed by atoms with Gasteiger partial charge in [0.1, 0.15) is 5.75 Å². The highest BCUT2D eigenvalue weighted by Gasteiger charge is 2.16. The van der Waals surface area contributed by atoms with Crippen LogP contribution < -0.4 is 9.46 Å². The fourth-order valence-corrected chi connectivity index (χ4v) is 3.44. The number of ether oxygens (including phenoxy) is 1. The van der Waals surface area contributed by atoms with Gasteiger partial charge in [-0.3, -0.25) is 0 Å². The third-order valence-electron chi connectivity index (χ3n) is 3.42. The van der Waals surface area contributed by atoms with E-state index >= 15 is 0 Å². The van der Waals surface area contributed by atoms with Crippen LogP contribution in [0.4, 0.5) is 0 Å². The normalized spacial score (nSPS) is 11.0. The predicted octanol–water partition coefficient (Wildman–Crippen LogP) is 2.31. The molecule has 0 heterocycles. The van der Waals surface area contributed by atoms with E-state index in [1.54, 1.807) is 42.5 Å². The van der Waals surface area contributed by atoms with Crippen molar-refractivity contribution in [2.45, 2.75) is 11.3 Å². The maximum Gasteiger partial charge on any atom is 0.341 e. The lowest BCUT2D eigenvalue weighted by Crippen LogP contribution is -2.26. The molecule has 0 aliphatic carbocycles. The summed E-state index contributed by atoms with van der Waals surface area (Å²) < 4.78 is 32.4. The van der Waals surface area contributed by atoms with Crippen molar-refractivity contribution in [1.29, 1.82) is 0 Å². The number of rotatable bonds is 9. The third-order valence-corrected chi connectivity index (χ3v) is 4.95. The number of aliphatic carboxylic acids is 1. The maximum absolute atomic E-state index is 12.4. The molecule has 0 atom stereocenters. The molecule has 0 aromatic heterocycles. The van der Waals surface area contributed by atoms with Crippen LogP contribution in [0.1, 0.15) is 11.1 Å². The molecule has 0 saturated heterocycles. The SMILES string of the molecule is C=Cc1ccccc1S(=O)(=O)NCCc1ccc(OCC(=O)O)cc1. The highest BCUT2D eigenvalue weighted by molar-refractivity contribution is 7.89. The minimum absolute atomic E-state index is 0.197. The van der Waals surface area contributed by atoms with Gasteiger partial charge in [0.15, 0.2) is 6.61 Å². The average molecular weight is 361 g/mol. The number of carboxylic acids is 1. The zero-order valence-corrected chi connectivity index (χ0v) is 14.3. The molecule has 0 spiro atoms. The lowest BCUT2D eigenvalue weighted by molar-refractivity contribution is -0.139. The van der Waals surface area contributed by atoms with Gasteiger partial charge in [-0.15, -0.1) is 0 Å². The Balaban J connectivity index is 1.93. The van der Waals surface area contributed by atoms with Crippen LogP contribution in [0.5, 0.6) is 5.75 Å². The van der Waals surface area contributed by atoms with Crippen molar-refractivity contribution in [3.63, 3.8) is 0 Å². The second kappa shape index (κ2) is 8.46. The van der Waals surface area contributed by atoms with Gasteiger partial charge in [-0.25, -0.2) is 17.9 Å². The smallest absolute Gasteiger partial charge is 0.341 e. The van der Waals surface area contributed by atoms with Crippen LogP contribution in [-0.2, 0) is 21.2 Å². The minimum atomic E-state index is -3.61. The topological polar surface area (TPSA) is 92.7 Å². The Labute approximate surface area is 146 Å². The highest BCUT2D eigenvalue weighted by Crippen LogP contribution is 2.16. The van der Waals surface area contributed by atoms with Crippen molar-refractivity contribution in [1.82, 2.24) is 4.72 Å². The quantitative estimate of drug-likeness (QED) is 0.715. The molecule has 2 aromatic carbocycles. The maximum atomic E-state index is 12.4. The van der Waals surface area contributed by atoms with Crippen molar-refractivity contribution in [3.8, 4) is 5.75 Å². The Morgan fingerprint density at radius 1 is 1.16 bits per heavy atom. The number of sulfonamides is 1. The number of carbonyl (C=O) groups is 1. The van der Waals surface area contributed by atoms with Crippen LogP contribution >= 0.6 is 0 Å². The van der Waals surface area contributed by atoms with Gasteiger partial charge in [0.2, 0.25) is 10.0 Å². The van der Waals surface area contributed by atoms with E-state index in [4.69, 9.17) is 9.84 Å². The summed E-state index contributed by atoms with van der Waals surface area (Å²) in [6.45, 7) is 3.46. The van der Waals surface area contributed by atoms with Crippen molar-refractivity contribution in [2.24, 2.45) is 0 Å². The zero-order chi connectivity index (χ0) is 18.3. The first-order valence-electron chi connectivity index (χ1n) is 7.57. The van der Waals surface area contributed by atoms with Crippen LogP contribution in [0.3, 0.4) is 0 Å². The van der Waals surface area contributed by atoms with E-state index in [9.17, 15) is 13.2 Å². The molecule has 2 rings (SSSR count). The Bertz CT molecular complexity index is 844. The van der Waals surface area contributed by atoms with E-state index in [0.717, 1.165) is 5.56 Å². The van der Waals surface area contributed by atoms with Crippen LogP contribution in [0.25, 0.3) is 6.08 Å². The minimum Gasteiger partial charge on any atom is -0.482 e. The van der Waals surface area contributed by atoms with E-state index in [1.165, 1.54) is 12.1 Å². The summed E-state index contributed by atoms with van der Waals surface area (Å²) in [5.41, 5.74) is 1.46. The lowest BCUT2D eigenvalue weighted by Gasteiger charge is -2.10. The molecule has 2 N–H and O–H groups in total. The molecule has 25 heavy (non-hydrogen) atoms. The van der Waals surface area contributed by atoms with Gasteiger partial charge in [-0.05, 0) is 35.7 Å². The second-order valence-electron chi connectivity index (χ2n) is 5.22. The monoisotopic (exact) mass is 361 g/mol. The molecule has 6 nitrogen and oxygen atoms in total. The lowest BCUT2D eigenvalue weighted by atomic mass is 10.1. The summed E-state index contributed by atoms with van der Waals surface area (Å²) in [6.07, 6.45) is 2.00. The van der Waals surface area contributed by atoms with Crippen molar-refractivity contribution in [3.05, 3.63) is 66.2 Å². The van der Waals surface area contributed by atoms with Gasteiger partial charge in [-0.1, -0.05) is 43.0 Å². The Kier molecular flexibility index (Phi) is 6.32. The Hall–Kier alpha value is -2.64. The molecular weight excluding hydrogens is 342 g/mol. The van der Waals surface area contributed by atoms with Crippen LogP contribution in [0.2, 0.25) is 0 Å². The molecule has 0 fully saturated rings. The number of nitrogens with one attached hydrogen (secondary N) is 1. The summed E-state index contributed by atoms with van der Waals surface area (Å²) in [5, 5.41) is 8.56. The first kappa shape index (κ1) is 18.7. The zero-order valence-electron chi connectivity index (χ0n) is 13.5. The van der Waals surface area contributed by atoms with Crippen molar-refractivity contribution in [2.75, 3.05) is 13.2 Å². The molecular formula is C18H19NO5S. The summed E-state index contributed by atoms with van der Waals surface area (Å²) in [4.78, 5) is 10.6.